The lowest BCUT2D eigenvalue weighted by atomic mass is 10.2. The standard InChI is InChI=1S/C10H12O/c1-2-3-6-9-7-4-5-8-10(9)11/h3-8,11H,2H2,1H3/b6-3-. The van der Waals surface area contributed by atoms with E-state index in [1.807, 2.05) is 30.4 Å². The first kappa shape index (κ1) is 7.86. The van der Waals surface area contributed by atoms with Crippen molar-refractivity contribution in [2.45, 2.75) is 13.3 Å². The molecule has 0 aliphatic carbocycles. The van der Waals surface area contributed by atoms with E-state index in [2.05, 4.69) is 6.92 Å². The van der Waals surface area contributed by atoms with E-state index in [0.29, 0.717) is 5.75 Å². The molecule has 0 unspecified atom stereocenters. The Morgan fingerprint density at radius 2 is 2.09 bits per heavy atom. The maximum atomic E-state index is 9.29. The number of hydrogen-bond acceptors (Lipinski definition) is 1. The topological polar surface area (TPSA) is 20.2 Å². The maximum Gasteiger partial charge on any atom is 0.122 e. The van der Waals surface area contributed by atoms with Crippen molar-refractivity contribution in [1.82, 2.24) is 0 Å². The zero-order chi connectivity index (χ0) is 8.10. The summed E-state index contributed by atoms with van der Waals surface area (Å²) in [5.74, 6) is 0.345. The van der Waals surface area contributed by atoms with E-state index in [9.17, 15) is 5.11 Å². The summed E-state index contributed by atoms with van der Waals surface area (Å²) in [4.78, 5) is 0. The third-order valence-electron chi connectivity index (χ3n) is 1.47. The van der Waals surface area contributed by atoms with Crippen molar-refractivity contribution in [2.75, 3.05) is 0 Å². The van der Waals surface area contributed by atoms with Gasteiger partial charge in [0.05, 0.1) is 0 Å². The lowest BCUT2D eigenvalue weighted by Gasteiger charge is -1.95. The van der Waals surface area contributed by atoms with Crippen LogP contribution in [0.3, 0.4) is 0 Å². The van der Waals surface area contributed by atoms with Crippen LogP contribution in [-0.4, -0.2) is 5.11 Å². The Bertz CT molecular complexity index is 251. The monoisotopic (exact) mass is 148 g/mol. The SMILES string of the molecule is CC/C=C\c1ccccc1O. The molecule has 0 radical (unpaired) electrons. The summed E-state index contributed by atoms with van der Waals surface area (Å²) in [6.07, 6.45) is 4.94. The second-order valence-electron chi connectivity index (χ2n) is 2.37. The summed E-state index contributed by atoms with van der Waals surface area (Å²) in [5.41, 5.74) is 0.884. The number of benzene rings is 1. The van der Waals surface area contributed by atoms with Gasteiger partial charge < -0.3 is 5.11 Å². The van der Waals surface area contributed by atoms with E-state index in [4.69, 9.17) is 0 Å². The molecule has 0 saturated carbocycles. The molecule has 0 fully saturated rings. The Morgan fingerprint density at radius 3 is 2.73 bits per heavy atom. The highest BCUT2D eigenvalue weighted by molar-refractivity contribution is 5.56. The minimum atomic E-state index is 0.345. The molecule has 0 aromatic heterocycles. The molecule has 0 saturated heterocycles. The van der Waals surface area contributed by atoms with Crippen LogP contribution in [0.25, 0.3) is 6.08 Å². The highest BCUT2D eigenvalue weighted by Crippen LogP contribution is 2.16. The highest BCUT2D eigenvalue weighted by Gasteiger charge is 1.91. The van der Waals surface area contributed by atoms with Gasteiger partial charge in [0, 0.05) is 5.56 Å². The molecule has 11 heavy (non-hydrogen) atoms. The van der Waals surface area contributed by atoms with Gasteiger partial charge in [-0.2, -0.15) is 0 Å². The van der Waals surface area contributed by atoms with Gasteiger partial charge in [-0.05, 0) is 12.5 Å². The van der Waals surface area contributed by atoms with Crippen LogP contribution >= 0.6 is 0 Å². The molecule has 0 amide bonds. The second-order valence-corrected chi connectivity index (χ2v) is 2.37. The van der Waals surface area contributed by atoms with Crippen molar-refractivity contribution in [2.24, 2.45) is 0 Å². The first-order valence-electron chi connectivity index (χ1n) is 3.79. The van der Waals surface area contributed by atoms with Crippen LogP contribution in [0.4, 0.5) is 0 Å². The normalized spacial score (nSPS) is 10.6. The molecular weight excluding hydrogens is 136 g/mol. The molecule has 1 aromatic carbocycles. The van der Waals surface area contributed by atoms with Crippen LogP contribution in [-0.2, 0) is 0 Å². The van der Waals surface area contributed by atoms with Gasteiger partial charge >= 0.3 is 0 Å². The third kappa shape index (κ3) is 2.11. The number of aromatic hydroxyl groups is 1. The number of para-hydroxylation sites is 1. The van der Waals surface area contributed by atoms with E-state index in [0.717, 1.165) is 12.0 Å². The number of rotatable bonds is 2. The molecule has 1 aromatic rings. The van der Waals surface area contributed by atoms with E-state index in [-0.39, 0.29) is 0 Å². The first-order chi connectivity index (χ1) is 5.34. The molecular formula is C10H12O. The zero-order valence-electron chi connectivity index (χ0n) is 6.62. The fourth-order valence-corrected chi connectivity index (χ4v) is 0.873. The minimum Gasteiger partial charge on any atom is -0.507 e. The quantitative estimate of drug-likeness (QED) is 0.683. The molecule has 0 bridgehead atoms. The third-order valence-corrected chi connectivity index (χ3v) is 1.47. The van der Waals surface area contributed by atoms with Crippen molar-refractivity contribution in [1.29, 1.82) is 0 Å². The van der Waals surface area contributed by atoms with Gasteiger partial charge in [-0.3, -0.25) is 0 Å². The molecule has 0 aliphatic heterocycles. The van der Waals surface area contributed by atoms with Crippen molar-refractivity contribution in [3.05, 3.63) is 35.9 Å². The second kappa shape index (κ2) is 3.81. The van der Waals surface area contributed by atoms with E-state index >= 15 is 0 Å². The summed E-state index contributed by atoms with van der Waals surface area (Å²) in [6.45, 7) is 2.07. The molecule has 1 heteroatoms. The van der Waals surface area contributed by atoms with Crippen molar-refractivity contribution < 1.29 is 5.11 Å². The molecule has 0 aliphatic rings. The summed E-state index contributed by atoms with van der Waals surface area (Å²) >= 11 is 0. The van der Waals surface area contributed by atoms with Crippen LogP contribution in [0, 0.1) is 0 Å². The van der Waals surface area contributed by atoms with Crippen molar-refractivity contribution in [3.8, 4) is 5.75 Å². The summed E-state index contributed by atoms with van der Waals surface area (Å²) in [6, 6.07) is 7.31. The summed E-state index contributed by atoms with van der Waals surface area (Å²) in [5, 5.41) is 9.29. The van der Waals surface area contributed by atoms with Crippen molar-refractivity contribution in [3.63, 3.8) is 0 Å². The van der Waals surface area contributed by atoms with E-state index in [1.54, 1.807) is 6.07 Å². The summed E-state index contributed by atoms with van der Waals surface area (Å²) in [7, 11) is 0. The number of hydrogen-bond donors (Lipinski definition) is 1. The lowest BCUT2D eigenvalue weighted by molar-refractivity contribution is 0.474. The lowest BCUT2D eigenvalue weighted by Crippen LogP contribution is -1.71. The molecule has 1 nitrogen and oxygen atoms in total. The number of phenols is 1. The van der Waals surface area contributed by atoms with Gasteiger partial charge in [-0.1, -0.05) is 37.3 Å². The highest BCUT2D eigenvalue weighted by atomic mass is 16.3. The van der Waals surface area contributed by atoms with Crippen molar-refractivity contribution >= 4 is 6.08 Å². The molecule has 0 heterocycles. The van der Waals surface area contributed by atoms with Crippen LogP contribution < -0.4 is 0 Å². The maximum absolute atomic E-state index is 9.29. The zero-order valence-corrected chi connectivity index (χ0v) is 6.62. The van der Waals surface area contributed by atoms with Gasteiger partial charge in [0.1, 0.15) is 5.75 Å². The largest absolute Gasteiger partial charge is 0.507 e. The number of allylic oxidation sites excluding steroid dienone is 1. The Kier molecular flexibility index (Phi) is 2.73. The van der Waals surface area contributed by atoms with Crippen LogP contribution in [0.1, 0.15) is 18.9 Å². The van der Waals surface area contributed by atoms with Crippen LogP contribution in [0.5, 0.6) is 5.75 Å². The van der Waals surface area contributed by atoms with Crippen LogP contribution in [0.2, 0.25) is 0 Å². The molecule has 1 rings (SSSR count). The minimum absolute atomic E-state index is 0.345. The average Bonchev–Trinajstić information content (AvgIpc) is 2.03. The number of phenolic OH excluding ortho intramolecular Hbond substituents is 1. The Balaban J connectivity index is 2.86. The Labute approximate surface area is 67.0 Å². The molecule has 1 N–H and O–H groups in total. The fourth-order valence-electron chi connectivity index (χ4n) is 0.873. The average molecular weight is 148 g/mol. The first-order valence-corrected chi connectivity index (χ1v) is 3.79. The molecule has 0 spiro atoms. The predicted octanol–water partition coefficient (Wildman–Crippen LogP) is 2.82. The molecule has 58 valence electrons. The Hall–Kier alpha value is -1.24. The van der Waals surface area contributed by atoms with E-state index in [1.165, 1.54) is 0 Å². The predicted molar refractivity (Wildman–Crippen MR) is 47.4 cm³/mol. The fraction of sp³-hybridized carbons (Fsp3) is 0.200. The Morgan fingerprint density at radius 1 is 1.36 bits per heavy atom. The van der Waals surface area contributed by atoms with Crippen LogP contribution in [0.15, 0.2) is 30.3 Å². The van der Waals surface area contributed by atoms with Gasteiger partial charge in [0.25, 0.3) is 0 Å². The van der Waals surface area contributed by atoms with Gasteiger partial charge in [-0.15, -0.1) is 0 Å². The van der Waals surface area contributed by atoms with Gasteiger partial charge in [-0.25, -0.2) is 0 Å². The molecule has 0 atom stereocenters. The summed E-state index contributed by atoms with van der Waals surface area (Å²) < 4.78 is 0. The van der Waals surface area contributed by atoms with Gasteiger partial charge in [0.2, 0.25) is 0 Å². The smallest absolute Gasteiger partial charge is 0.122 e. The van der Waals surface area contributed by atoms with E-state index < -0.39 is 0 Å². The van der Waals surface area contributed by atoms with Gasteiger partial charge in [0.15, 0.2) is 0 Å².